The zero-order valence-electron chi connectivity index (χ0n) is 16.0. The third kappa shape index (κ3) is 4.64. The lowest BCUT2D eigenvalue weighted by atomic mass is 10.2. The molecule has 0 amide bonds. The van der Waals surface area contributed by atoms with Crippen molar-refractivity contribution in [3.63, 3.8) is 0 Å². The van der Waals surface area contributed by atoms with Crippen LogP contribution in [0, 0.1) is 6.92 Å². The highest BCUT2D eigenvalue weighted by atomic mass is 32.2. The van der Waals surface area contributed by atoms with Gasteiger partial charge in [0.1, 0.15) is 0 Å². The Kier molecular flexibility index (Phi) is 5.47. The summed E-state index contributed by atoms with van der Waals surface area (Å²) >= 11 is 5.34. The van der Waals surface area contributed by atoms with Crippen LogP contribution in [0.3, 0.4) is 0 Å². The zero-order valence-corrected chi connectivity index (χ0v) is 17.6. The lowest BCUT2D eigenvalue weighted by Crippen LogP contribution is -2.19. The molecular formula is C21H19N3O4S2. The van der Waals surface area contributed by atoms with Crippen LogP contribution < -0.4 is 24.8 Å². The first-order chi connectivity index (χ1) is 14.4. The van der Waals surface area contributed by atoms with Gasteiger partial charge in [0.2, 0.25) is 6.79 Å². The van der Waals surface area contributed by atoms with Crippen LogP contribution in [0.5, 0.6) is 11.5 Å². The highest BCUT2D eigenvalue weighted by Gasteiger charge is 2.15. The molecule has 0 radical (unpaired) electrons. The minimum absolute atomic E-state index is 0.210. The van der Waals surface area contributed by atoms with Gasteiger partial charge < -0.3 is 20.1 Å². The average Bonchev–Trinajstić information content (AvgIpc) is 3.17. The van der Waals surface area contributed by atoms with Crippen LogP contribution in [0.25, 0.3) is 0 Å². The molecule has 0 aliphatic carbocycles. The number of aryl methyl sites for hydroxylation is 1. The first-order valence-corrected chi connectivity index (χ1v) is 11.0. The van der Waals surface area contributed by atoms with E-state index in [0.29, 0.717) is 28.0 Å². The number of rotatable bonds is 5. The first kappa shape index (κ1) is 20.0. The van der Waals surface area contributed by atoms with Gasteiger partial charge >= 0.3 is 0 Å². The van der Waals surface area contributed by atoms with E-state index in [4.69, 9.17) is 21.7 Å². The minimum Gasteiger partial charge on any atom is -0.454 e. The van der Waals surface area contributed by atoms with Gasteiger partial charge in [0.25, 0.3) is 10.0 Å². The van der Waals surface area contributed by atoms with Crippen molar-refractivity contribution < 1.29 is 17.9 Å². The zero-order chi connectivity index (χ0) is 21.1. The van der Waals surface area contributed by atoms with Crippen LogP contribution in [0.4, 0.5) is 17.1 Å². The Hall–Kier alpha value is -3.30. The fraction of sp³-hybridized carbons (Fsp3) is 0.0952. The lowest BCUT2D eigenvalue weighted by molar-refractivity contribution is 0.174. The van der Waals surface area contributed by atoms with Gasteiger partial charge in [-0.15, -0.1) is 0 Å². The molecule has 4 rings (SSSR count). The molecule has 0 aromatic heterocycles. The van der Waals surface area contributed by atoms with Gasteiger partial charge in [0.05, 0.1) is 4.90 Å². The van der Waals surface area contributed by atoms with E-state index in [2.05, 4.69) is 15.4 Å². The summed E-state index contributed by atoms with van der Waals surface area (Å²) in [6.07, 6.45) is 0. The molecule has 0 saturated carbocycles. The molecule has 0 unspecified atom stereocenters. The van der Waals surface area contributed by atoms with Crippen molar-refractivity contribution in [1.29, 1.82) is 0 Å². The molecule has 1 aliphatic rings. The molecule has 3 aromatic carbocycles. The standard InChI is InChI=1S/C21H19N3O4S2/c1-14-2-9-18(10-3-14)30(25,26)24-16-6-4-15(5-7-16)22-21(29)23-17-8-11-19-20(12-17)28-13-27-19/h2-12,24H,13H2,1H3,(H2,22,23,29). The Morgan fingerprint density at radius 1 is 0.833 bits per heavy atom. The van der Waals surface area contributed by atoms with E-state index in [1.165, 1.54) is 0 Å². The van der Waals surface area contributed by atoms with Crippen LogP contribution in [0.2, 0.25) is 0 Å². The molecule has 30 heavy (non-hydrogen) atoms. The molecule has 3 aromatic rings. The number of sulfonamides is 1. The van der Waals surface area contributed by atoms with Gasteiger partial charge in [-0.05, 0) is 67.7 Å². The predicted octanol–water partition coefficient (Wildman–Crippen LogP) is 4.33. The van der Waals surface area contributed by atoms with Crippen LogP contribution >= 0.6 is 12.2 Å². The predicted molar refractivity (Wildman–Crippen MR) is 121 cm³/mol. The van der Waals surface area contributed by atoms with Gasteiger partial charge in [-0.3, -0.25) is 4.72 Å². The van der Waals surface area contributed by atoms with E-state index >= 15 is 0 Å². The van der Waals surface area contributed by atoms with Crippen molar-refractivity contribution in [3.8, 4) is 11.5 Å². The molecule has 0 saturated heterocycles. The largest absolute Gasteiger partial charge is 0.454 e. The van der Waals surface area contributed by atoms with Crippen molar-refractivity contribution in [3.05, 3.63) is 72.3 Å². The SMILES string of the molecule is Cc1ccc(S(=O)(=O)Nc2ccc(NC(=S)Nc3ccc4c(c3)OCO4)cc2)cc1. The van der Waals surface area contributed by atoms with E-state index in [1.54, 1.807) is 54.6 Å². The van der Waals surface area contributed by atoms with Crippen molar-refractivity contribution in [1.82, 2.24) is 0 Å². The molecule has 1 heterocycles. The highest BCUT2D eigenvalue weighted by molar-refractivity contribution is 7.92. The van der Waals surface area contributed by atoms with Crippen molar-refractivity contribution in [2.75, 3.05) is 22.1 Å². The molecular weight excluding hydrogens is 422 g/mol. The molecule has 0 spiro atoms. The molecule has 1 aliphatic heterocycles. The van der Waals surface area contributed by atoms with E-state index in [-0.39, 0.29) is 11.7 Å². The second-order valence-corrected chi connectivity index (χ2v) is 8.73. The molecule has 7 nitrogen and oxygen atoms in total. The van der Waals surface area contributed by atoms with Gasteiger partial charge in [-0.25, -0.2) is 8.42 Å². The van der Waals surface area contributed by atoms with E-state index in [9.17, 15) is 8.42 Å². The Balaban J connectivity index is 1.37. The number of thiocarbonyl (C=S) groups is 1. The summed E-state index contributed by atoms with van der Waals surface area (Å²) in [4.78, 5) is 0.212. The monoisotopic (exact) mass is 441 g/mol. The van der Waals surface area contributed by atoms with Crippen LogP contribution in [-0.4, -0.2) is 20.3 Å². The number of ether oxygens (including phenoxy) is 2. The summed E-state index contributed by atoms with van der Waals surface area (Å²) in [5, 5.41) is 6.52. The van der Waals surface area contributed by atoms with Crippen molar-refractivity contribution in [2.24, 2.45) is 0 Å². The molecule has 0 atom stereocenters. The quantitative estimate of drug-likeness (QED) is 0.508. The third-order valence-electron chi connectivity index (χ3n) is 4.36. The van der Waals surface area contributed by atoms with Gasteiger partial charge in [0, 0.05) is 23.1 Å². The fourth-order valence-electron chi connectivity index (χ4n) is 2.82. The van der Waals surface area contributed by atoms with Gasteiger partial charge in [0.15, 0.2) is 16.6 Å². The average molecular weight is 442 g/mol. The maximum absolute atomic E-state index is 12.5. The van der Waals surface area contributed by atoms with E-state index in [1.807, 2.05) is 19.1 Å². The molecule has 154 valence electrons. The summed E-state index contributed by atoms with van der Waals surface area (Å²) in [6, 6.07) is 18.9. The number of hydrogen-bond acceptors (Lipinski definition) is 5. The number of nitrogens with one attached hydrogen (secondary N) is 3. The molecule has 9 heteroatoms. The fourth-order valence-corrected chi connectivity index (χ4v) is 4.12. The van der Waals surface area contributed by atoms with Crippen molar-refractivity contribution >= 4 is 44.4 Å². The van der Waals surface area contributed by atoms with Gasteiger partial charge in [-0.1, -0.05) is 17.7 Å². The first-order valence-electron chi connectivity index (χ1n) is 9.06. The Morgan fingerprint density at radius 3 is 2.17 bits per heavy atom. The van der Waals surface area contributed by atoms with E-state index in [0.717, 1.165) is 11.3 Å². The topological polar surface area (TPSA) is 88.7 Å². The summed E-state index contributed by atoms with van der Waals surface area (Å²) < 4.78 is 38.2. The second-order valence-electron chi connectivity index (χ2n) is 6.64. The maximum Gasteiger partial charge on any atom is 0.261 e. The molecule has 3 N–H and O–H groups in total. The summed E-state index contributed by atoms with van der Waals surface area (Å²) in [5.74, 6) is 1.36. The number of benzene rings is 3. The lowest BCUT2D eigenvalue weighted by Gasteiger charge is -2.12. The number of anilines is 3. The van der Waals surface area contributed by atoms with E-state index < -0.39 is 10.0 Å². The van der Waals surface area contributed by atoms with Crippen molar-refractivity contribution in [2.45, 2.75) is 11.8 Å². The van der Waals surface area contributed by atoms with Crippen LogP contribution in [0.15, 0.2) is 71.6 Å². The Morgan fingerprint density at radius 2 is 1.43 bits per heavy atom. The summed E-state index contributed by atoms with van der Waals surface area (Å²) in [7, 11) is -3.64. The Bertz CT molecular complexity index is 1180. The Labute approximate surface area is 180 Å². The van der Waals surface area contributed by atoms with Crippen LogP contribution in [-0.2, 0) is 10.0 Å². The normalized spacial score (nSPS) is 12.3. The molecule has 0 bridgehead atoms. The minimum atomic E-state index is -3.64. The smallest absolute Gasteiger partial charge is 0.261 e. The van der Waals surface area contributed by atoms with Crippen LogP contribution in [0.1, 0.15) is 5.56 Å². The summed E-state index contributed by atoms with van der Waals surface area (Å²) in [6.45, 7) is 2.11. The number of fused-ring (bicyclic) bond motifs is 1. The van der Waals surface area contributed by atoms with Gasteiger partial charge in [-0.2, -0.15) is 0 Å². The second kappa shape index (κ2) is 8.21. The number of hydrogen-bond donors (Lipinski definition) is 3. The maximum atomic E-state index is 12.5. The molecule has 0 fully saturated rings. The highest BCUT2D eigenvalue weighted by Crippen LogP contribution is 2.34. The third-order valence-corrected chi connectivity index (χ3v) is 5.96. The summed E-state index contributed by atoms with van der Waals surface area (Å²) in [5.41, 5.74) is 2.93.